The third-order valence-electron chi connectivity index (χ3n) is 6.08. The van der Waals surface area contributed by atoms with Crippen LogP contribution in [0.5, 0.6) is 5.75 Å². The highest BCUT2D eigenvalue weighted by Gasteiger charge is 2.33. The molecule has 4 heterocycles. The molecule has 3 aromatic heterocycles. The third-order valence-corrected chi connectivity index (χ3v) is 7.28. The highest BCUT2D eigenvalue weighted by atomic mass is 32.1. The molecule has 5 rings (SSSR count). The number of carbonyl (C=O) groups excluding carboxylic acids is 1. The zero-order valence-electron chi connectivity index (χ0n) is 20.1. The van der Waals surface area contributed by atoms with E-state index in [0.29, 0.717) is 18.9 Å². The number of methoxy groups -OCH3 is 1. The molecule has 178 valence electrons. The van der Waals surface area contributed by atoms with Crippen LogP contribution < -0.4 is 10.5 Å². The van der Waals surface area contributed by atoms with Crippen LogP contribution in [0, 0.1) is 6.92 Å². The van der Waals surface area contributed by atoms with E-state index in [-0.39, 0.29) is 12.0 Å². The maximum atomic E-state index is 12.6. The summed E-state index contributed by atoms with van der Waals surface area (Å²) in [5, 5.41) is 5.66. The molecule has 1 aliphatic heterocycles. The van der Waals surface area contributed by atoms with Crippen molar-refractivity contribution in [2.45, 2.75) is 45.6 Å². The standard InChI is InChI=1S/C25H29N5O3S/c1-14-8-16-10-20(34-22(16)19(9-14)32-5)17-11-18(30-21(17)23(26)27-13-28-30)15-6-7-29(12-15)24(31)33-25(2,3)4/h8-11,13,15H,6-7,12H2,1-5H3,(H2,26,27,28). The van der Waals surface area contributed by atoms with Gasteiger partial charge in [0.1, 0.15) is 23.2 Å². The van der Waals surface area contributed by atoms with E-state index in [1.54, 1.807) is 23.3 Å². The molecule has 0 saturated carbocycles. The van der Waals surface area contributed by atoms with Crippen molar-refractivity contribution in [1.82, 2.24) is 19.5 Å². The molecule has 1 saturated heterocycles. The van der Waals surface area contributed by atoms with Crippen LogP contribution in [0.4, 0.5) is 10.6 Å². The van der Waals surface area contributed by atoms with Crippen molar-refractivity contribution in [1.29, 1.82) is 0 Å². The van der Waals surface area contributed by atoms with Crippen molar-refractivity contribution < 1.29 is 14.3 Å². The van der Waals surface area contributed by atoms with E-state index in [4.69, 9.17) is 15.2 Å². The number of fused-ring (bicyclic) bond motifs is 2. The Bertz CT molecular complexity index is 1400. The second kappa shape index (κ2) is 8.16. The molecule has 2 N–H and O–H groups in total. The monoisotopic (exact) mass is 479 g/mol. The SMILES string of the molecule is COc1cc(C)cc2cc(-c3cc(C4CCN(C(=O)OC(C)(C)C)C4)n4ncnc(N)c34)sc12. The molecule has 0 aliphatic carbocycles. The molecule has 1 atom stereocenters. The quantitative estimate of drug-likeness (QED) is 0.432. The summed E-state index contributed by atoms with van der Waals surface area (Å²) in [7, 11) is 1.70. The number of nitrogens with zero attached hydrogens (tertiary/aromatic N) is 4. The van der Waals surface area contributed by atoms with Gasteiger partial charge in [-0.05, 0) is 63.3 Å². The number of nitrogen functional groups attached to an aromatic ring is 1. The molecule has 8 nitrogen and oxygen atoms in total. The first-order chi connectivity index (χ1) is 16.1. The van der Waals surface area contributed by atoms with Crippen molar-refractivity contribution in [2.75, 3.05) is 25.9 Å². The topological polar surface area (TPSA) is 95.0 Å². The molecule has 1 unspecified atom stereocenters. The van der Waals surface area contributed by atoms with E-state index in [1.807, 2.05) is 31.4 Å². The molecule has 0 radical (unpaired) electrons. The Morgan fingerprint density at radius 1 is 1.24 bits per heavy atom. The summed E-state index contributed by atoms with van der Waals surface area (Å²) in [5.74, 6) is 1.41. The Hall–Kier alpha value is -3.33. The summed E-state index contributed by atoms with van der Waals surface area (Å²) in [5.41, 5.74) is 9.77. The first-order valence-electron chi connectivity index (χ1n) is 11.3. The lowest BCUT2D eigenvalue weighted by Crippen LogP contribution is -2.35. The minimum absolute atomic E-state index is 0.120. The molecular formula is C25H29N5O3S. The molecule has 1 aromatic carbocycles. The van der Waals surface area contributed by atoms with Gasteiger partial charge in [0.25, 0.3) is 0 Å². The maximum absolute atomic E-state index is 12.6. The Labute approximate surface area is 202 Å². The highest BCUT2D eigenvalue weighted by molar-refractivity contribution is 7.22. The number of carbonyl (C=O) groups is 1. The summed E-state index contributed by atoms with van der Waals surface area (Å²) in [6, 6.07) is 8.52. The Balaban J connectivity index is 1.56. The average Bonchev–Trinajstić information content (AvgIpc) is 3.48. The van der Waals surface area contributed by atoms with Gasteiger partial charge in [-0.2, -0.15) is 5.10 Å². The van der Waals surface area contributed by atoms with Gasteiger partial charge < -0.3 is 20.1 Å². The molecule has 1 fully saturated rings. The number of aromatic nitrogens is 3. The largest absolute Gasteiger partial charge is 0.495 e. The van der Waals surface area contributed by atoms with Gasteiger partial charge in [-0.1, -0.05) is 6.07 Å². The third kappa shape index (κ3) is 3.94. The summed E-state index contributed by atoms with van der Waals surface area (Å²) in [6.07, 6.45) is 2.03. The minimum Gasteiger partial charge on any atom is -0.495 e. The predicted octanol–water partition coefficient (Wildman–Crippen LogP) is 5.23. The minimum atomic E-state index is -0.521. The van der Waals surface area contributed by atoms with Crippen LogP contribution in [0.25, 0.3) is 26.0 Å². The zero-order valence-corrected chi connectivity index (χ0v) is 20.9. The number of thiophene rings is 1. The van der Waals surface area contributed by atoms with E-state index in [1.165, 1.54) is 6.33 Å². The van der Waals surface area contributed by atoms with Crippen LogP contribution in [0.3, 0.4) is 0 Å². The molecule has 1 aliphatic rings. The van der Waals surface area contributed by atoms with Crippen LogP contribution in [0.15, 0.2) is 30.6 Å². The van der Waals surface area contributed by atoms with E-state index in [9.17, 15) is 4.79 Å². The Kier molecular flexibility index (Phi) is 5.39. The lowest BCUT2D eigenvalue weighted by atomic mass is 10.0. The van der Waals surface area contributed by atoms with E-state index in [2.05, 4.69) is 35.2 Å². The number of benzene rings is 1. The summed E-state index contributed by atoms with van der Waals surface area (Å²) in [6.45, 7) is 8.92. The van der Waals surface area contributed by atoms with Gasteiger partial charge in [0, 0.05) is 35.1 Å². The normalized spacial score (nSPS) is 16.5. The van der Waals surface area contributed by atoms with Gasteiger partial charge in [0.15, 0.2) is 5.82 Å². The summed E-state index contributed by atoms with van der Waals surface area (Å²) in [4.78, 5) is 19.7. The number of hydrogen-bond donors (Lipinski definition) is 1. The second-order valence-electron chi connectivity index (χ2n) is 9.80. The molecule has 4 aromatic rings. The number of aryl methyl sites for hydroxylation is 1. The van der Waals surface area contributed by atoms with Gasteiger partial charge in [-0.25, -0.2) is 14.3 Å². The van der Waals surface area contributed by atoms with Crippen LogP contribution in [0.2, 0.25) is 0 Å². The van der Waals surface area contributed by atoms with Gasteiger partial charge >= 0.3 is 6.09 Å². The number of rotatable bonds is 3. The first-order valence-corrected chi connectivity index (χ1v) is 12.1. The smallest absolute Gasteiger partial charge is 0.410 e. The summed E-state index contributed by atoms with van der Waals surface area (Å²) >= 11 is 1.67. The molecular weight excluding hydrogens is 450 g/mol. The van der Waals surface area contributed by atoms with Crippen molar-refractivity contribution in [2.24, 2.45) is 0 Å². The van der Waals surface area contributed by atoms with Crippen molar-refractivity contribution in [3.8, 4) is 16.2 Å². The molecule has 34 heavy (non-hydrogen) atoms. The van der Waals surface area contributed by atoms with E-state index in [0.717, 1.165) is 49.5 Å². The Morgan fingerprint density at radius 2 is 2.03 bits per heavy atom. The lowest BCUT2D eigenvalue weighted by Gasteiger charge is -2.24. The molecule has 1 amide bonds. The van der Waals surface area contributed by atoms with Crippen LogP contribution in [-0.2, 0) is 4.74 Å². The van der Waals surface area contributed by atoms with Gasteiger partial charge in [0.2, 0.25) is 0 Å². The average molecular weight is 480 g/mol. The number of ether oxygens (including phenoxy) is 2. The van der Waals surface area contributed by atoms with Crippen molar-refractivity contribution in [3.63, 3.8) is 0 Å². The summed E-state index contributed by atoms with van der Waals surface area (Å²) < 4.78 is 14.2. The van der Waals surface area contributed by atoms with Crippen LogP contribution in [-0.4, -0.2) is 51.4 Å². The molecule has 9 heteroatoms. The molecule has 0 bridgehead atoms. The highest BCUT2D eigenvalue weighted by Crippen LogP contribution is 2.43. The predicted molar refractivity (Wildman–Crippen MR) is 135 cm³/mol. The van der Waals surface area contributed by atoms with Crippen molar-refractivity contribution in [3.05, 3.63) is 41.9 Å². The van der Waals surface area contributed by atoms with Gasteiger partial charge in [-0.15, -0.1) is 11.3 Å². The number of amides is 1. The van der Waals surface area contributed by atoms with Gasteiger partial charge in [-0.3, -0.25) is 0 Å². The van der Waals surface area contributed by atoms with Crippen LogP contribution >= 0.6 is 11.3 Å². The lowest BCUT2D eigenvalue weighted by molar-refractivity contribution is 0.0292. The van der Waals surface area contributed by atoms with Crippen LogP contribution in [0.1, 0.15) is 44.4 Å². The maximum Gasteiger partial charge on any atom is 0.410 e. The van der Waals surface area contributed by atoms with Crippen molar-refractivity contribution >= 4 is 38.9 Å². The number of anilines is 1. The number of nitrogens with two attached hydrogens (primary N) is 1. The van der Waals surface area contributed by atoms with E-state index < -0.39 is 5.60 Å². The first kappa shape index (κ1) is 22.5. The Morgan fingerprint density at radius 3 is 2.76 bits per heavy atom. The fourth-order valence-electron chi connectivity index (χ4n) is 4.61. The fraction of sp³-hybridized carbons (Fsp3) is 0.400. The number of likely N-dealkylation sites (tertiary alicyclic amines) is 1. The zero-order chi connectivity index (χ0) is 24.2. The fourth-order valence-corrected chi connectivity index (χ4v) is 5.76. The number of hydrogen-bond acceptors (Lipinski definition) is 7. The van der Waals surface area contributed by atoms with E-state index >= 15 is 0 Å². The molecule has 0 spiro atoms. The second-order valence-corrected chi connectivity index (χ2v) is 10.8. The van der Waals surface area contributed by atoms with Gasteiger partial charge in [0.05, 0.1) is 11.8 Å².